The predicted molar refractivity (Wildman–Crippen MR) is 63.1 cm³/mol. The number of amides is 1. The van der Waals surface area contributed by atoms with Gasteiger partial charge in [0.25, 0.3) is 0 Å². The number of hydrogen-bond acceptors (Lipinski definition) is 2. The topological polar surface area (TPSA) is 55.1 Å². The van der Waals surface area contributed by atoms with Crippen LogP contribution in [0.1, 0.15) is 40.0 Å². The van der Waals surface area contributed by atoms with Gasteiger partial charge in [0.05, 0.1) is 5.41 Å². The summed E-state index contributed by atoms with van der Waals surface area (Å²) in [6.45, 7) is 6.27. The fourth-order valence-electron chi connectivity index (χ4n) is 1.56. The van der Waals surface area contributed by atoms with E-state index in [2.05, 4.69) is 11.2 Å². The number of nitrogens with one attached hydrogen (secondary N) is 1. The quantitative estimate of drug-likeness (QED) is 0.649. The standard InChI is InChI=1S/C12H22N2O/c1-5-8-10(4)14-11(15)12(6-2,7-3)9-13/h1,10H,6-9,13H2,2-4H3,(H,14,15). The molecule has 3 N–H and O–H groups in total. The molecule has 0 aromatic heterocycles. The lowest BCUT2D eigenvalue weighted by Gasteiger charge is -2.29. The molecule has 0 aromatic carbocycles. The van der Waals surface area contributed by atoms with E-state index in [4.69, 9.17) is 12.2 Å². The molecular weight excluding hydrogens is 188 g/mol. The van der Waals surface area contributed by atoms with Crippen LogP contribution in [0.5, 0.6) is 0 Å². The Labute approximate surface area is 92.8 Å². The third-order valence-corrected chi connectivity index (χ3v) is 3.03. The lowest BCUT2D eigenvalue weighted by atomic mass is 9.81. The molecule has 15 heavy (non-hydrogen) atoms. The Kier molecular flexibility index (Phi) is 6.03. The monoisotopic (exact) mass is 210 g/mol. The van der Waals surface area contributed by atoms with Gasteiger partial charge in [-0.1, -0.05) is 13.8 Å². The number of rotatable bonds is 6. The Balaban J connectivity index is 4.46. The fourth-order valence-corrected chi connectivity index (χ4v) is 1.56. The van der Waals surface area contributed by atoms with E-state index in [1.165, 1.54) is 0 Å². The summed E-state index contributed by atoms with van der Waals surface area (Å²) in [5.41, 5.74) is 5.25. The summed E-state index contributed by atoms with van der Waals surface area (Å²) < 4.78 is 0. The van der Waals surface area contributed by atoms with Gasteiger partial charge < -0.3 is 11.1 Å². The zero-order chi connectivity index (χ0) is 11.9. The van der Waals surface area contributed by atoms with Gasteiger partial charge in [-0.15, -0.1) is 12.3 Å². The van der Waals surface area contributed by atoms with E-state index in [0.29, 0.717) is 13.0 Å². The Hall–Kier alpha value is -1.01. The van der Waals surface area contributed by atoms with Crippen LogP contribution in [0.15, 0.2) is 0 Å². The van der Waals surface area contributed by atoms with Crippen molar-refractivity contribution in [3.05, 3.63) is 0 Å². The lowest BCUT2D eigenvalue weighted by Crippen LogP contribution is -2.48. The van der Waals surface area contributed by atoms with Gasteiger partial charge in [0.1, 0.15) is 0 Å². The van der Waals surface area contributed by atoms with Crippen LogP contribution >= 0.6 is 0 Å². The van der Waals surface area contributed by atoms with Crippen molar-refractivity contribution in [1.29, 1.82) is 0 Å². The first-order valence-electron chi connectivity index (χ1n) is 5.50. The molecule has 1 atom stereocenters. The van der Waals surface area contributed by atoms with Gasteiger partial charge in [0.15, 0.2) is 0 Å². The highest BCUT2D eigenvalue weighted by atomic mass is 16.2. The third kappa shape index (κ3) is 3.56. The minimum atomic E-state index is -0.428. The Morgan fingerprint density at radius 2 is 2.07 bits per heavy atom. The smallest absolute Gasteiger partial charge is 0.227 e. The van der Waals surface area contributed by atoms with Gasteiger partial charge in [0, 0.05) is 19.0 Å². The summed E-state index contributed by atoms with van der Waals surface area (Å²) in [5, 5.41) is 2.91. The molecule has 1 amide bonds. The summed E-state index contributed by atoms with van der Waals surface area (Å²) in [6, 6.07) is 0.0199. The zero-order valence-corrected chi connectivity index (χ0v) is 9.97. The van der Waals surface area contributed by atoms with Gasteiger partial charge in [-0.25, -0.2) is 0 Å². The molecule has 86 valence electrons. The maximum absolute atomic E-state index is 12.0. The molecule has 0 saturated heterocycles. The number of terminal acetylenes is 1. The largest absolute Gasteiger partial charge is 0.352 e. The van der Waals surface area contributed by atoms with E-state index in [9.17, 15) is 4.79 Å². The summed E-state index contributed by atoms with van der Waals surface area (Å²) in [5.74, 6) is 2.56. The molecule has 0 radical (unpaired) electrons. The average molecular weight is 210 g/mol. The molecule has 0 saturated carbocycles. The van der Waals surface area contributed by atoms with Crippen molar-refractivity contribution >= 4 is 5.91 Å². The normalized spacial score (nSPS) is 13.0. The highest BCUT2D eigenvalue weighted by Crippen LogP contribution is 2.25. The van der Waals surface area contributed by atoms with Crippen molar-refractivity contribution < 1.29 is 4.79 Å². The molecule has 0 aliphatic carbocycles. The van der Waals surface area contributed by atoms with Crippen molar-refractivity contribution in [2.24, 2.45) is 11.1 Å². The Morgan fingerprint density at radius 1 is 1.53 bits per heavy atom. The second-order valence-corrected chi connectivity index (χ2v) is 3.97. The van der Waals surface area contributed by atoms with Crippen molar-refractivity contribution in [3.63, 3.8) is 0 Å². The molecule has 0 fully saturated rings. The highest BCUT2D eigenvalue weighted by Gasteiger charge is 2.33. The highest BCUT2D eigenvalue weighted by molar-refractivity contribution is 5.83. The molecule has 0 rings (SSSR count). The molecule has 0 aliphatic rings. The van der Waals surface area contributed by atoms with E-state index in [1.807, 2.05) is 20.8 Å². The second-order valence-electron chi connectivity index (χ2n) is 3.97. The van der Waals surface area contributed by atoms with Gasteiger partial charge in [-0.3, -0.25) is 4.79 Å². The van der Waals surface area contributed by atoms with Crippen LogP contribution in [0.2, 0.25) is 0 Å². The van der Waals surface area contributed by atoms with Crippen LogP contribution in [0.3, 0.4) is 0 Å². The SMILES string of the molecule is C#CCC(C)NC(=O)C(CC)(CC)CN. The van der Waals surface area contributed by atoms with E-state index in [1.54, 1.807) is 0 Å². The molecule has 3 nitrogen and oxygen atoms in total. The predicted octanol–water partition coefficient (Wildman–Crippen LogP) is 1.28. The summed E-state index contributed by atoms with van der Waals surface area (Å²) in [6.07, 6.45) is 7.26. The van der Waals surface area contributed by atoms with Crippen molar-refractivity contribution in [2.45, 2.75) is 46.1 Å². The van der Waals surface area contributed by atoms with Crippen molar-refractivity contribution in [1.82, 2.24) is 5.32 Å². The molecule has 0 heterocycles. The molecule has 0 bridgehead atoms. The molecule has 0 aliphatic heterocycles. The minimum Gasteiger partial charge on any atom is -0.352 e. The van der Waals surface area contributed by atoms with Crippen LogP contribution in [-0.4, -0.2) is 18.5 Å². The van der Waals surface area contributed by atoms with E-state index in [-0.39, 0.29) is 11.9 Å². The summed E-state index contributed by atoms with van der Waals surface area (Å²) in [4.78, 5) is 12.0. The first-order valence-corrected chi connectivity index (χ1v) is 5.50. The first-order chi connectivity index (χ1) is 7.06. The molecular formula is C12H22N2O. The van der Waals surface area contributed by atoms with Crippen LogP contribution in [0.25, 0.3) is 0 Å². The van der Waals surface area contributed by atoms with Gasteiger partial charge in [0.2, 0.25) is 5.91 Å². The number of nitrogens with two attached hydrogens (primary N) is 1. The van der Waals surface area contributed by atoms with Crippen LogP contribution in [-0.2, 0) is 4.79 Å². The fraction of sp³-hybridized carbons (Fsp3) is 0.750. The van der Waals surface area contributed by atoms with Gasteiger partial charge in [-0.05, 0) is 19.8 Å². The van der Waals surface area contributed by atoms with E-state index in [0.717, 1.165) is 12.8 Å². The maximum Gasteiger partial charge on any atom is 0.227 e. The van der Waals surface area contributed by atoms with E-state index < -0.39 is 5.41 Å². The molecule has 0 spiro atoms. The average Bonchev–Trinajstić information content (AvgIpc) is 2.21. The van der Waals surface area contributed by atoms with Crippen molar-refractivity contribution in [2.75, 3.05) is 6.54 Å². The third-order valence-electron chi connectivity index (χ3n) is 3.03. The molecule has 3 heteroatoms. The van der Waals surface area contributed by atoms with Crippen molar-refractivity contribution in [3.8, 4) is 12.3 Å². The van der Waals surface area contributed by atoms with Crippen LogP contribution < -0.4 is 11.1 Å². The molecule has 0 aromatic rings. The lowest BCUT2D eigenvalue weighted by molar-refractivity contribution is -0.131. The minimum absolute atomic E-state index is 0.0199. The number of carbonyl (C=O) groups is 1. The second kappa shape index (κ2) is 6.47. The number of carbonyl (C=O) groups excluding carboxylic acids is 1. The van der Waals surface area contributed by atoms with Crippen LogP contribution in [0.4, 0.5) is 0 Å². The van der Waals surface area contributed by atoms with Gasteiger partial charge >= 0.3 is 0 Å². The Bertz CT molecular complexity index is 230. The summed E-state index contributed by atoms with van der Waals surface area (Å²) in [7, 11) is 0. The van der Waals surface area contributed by atoms with Crippen LogP contribution in [0, 0.1) is 17.8 Å². The summed E-state index contributed by atoms with van der Waals surface area (Å²) >= 11 is 0. The zero-order valence-electron chi connectivity index (χ0n) is 9.97. The van der Waals surface area contributed by atoms with E-state index >= 15 is 0 Å². The first kappa shape index (κ1) is 14.0. The van der Waals surface area contributed by atoms with Gasteiger partial charge in [-0.2, -0.15) is 0 Å². The molecule has 1 unspecified atom stereocenters. The maximum atomic E-state index is 12.0. The Morgan fingerprint density at radius 3 is 2.40 bits per heavy atom. The number of hydrogen-bond donors (Lipinski definition) is 2.